The number of ether oxygens (including phenoxy) is 3. The zero-order valence-electron chi connectivity index (χ0n) is 18.4. The maximum absolute atomic E-state index is 12.4. The van der Waals surface area contributed by atoms with Crippen molar-refractivity contribution in [3.8, 4) is 11.5 Å². The highest BCUT2D eigenvalue weighted by Gasteiger charge is 2.27. The molecule has 3 aromatic carbocycles. The van der Waals surface area contributed by atoms with Gasteiger partial charge in [0.05, 0.1) is 22.1 Å². The van der Waals surface area contributed by atoms with E-state index in [1.165, 1.54) is 24.3 Å². The predicted octanol–water partition coefficient (Wildman–Crippen LogP) is 6.22. The first-order valence-corrected chi connectivity index (χ1v) is 11.2. The van der Waals surface area contributed by atoms with Gasteiger partial charge in [0, 0.05) is 22.7 Å². The van der Waals surface area contributed by atoms with Crippen LogP contribution in [-0.2, 0) is 16.1 Å². The largest absolute Gasteiger partial charge is 0.490 e. The lowest BCUT2D eigenvalue weighted by Gasteiger charge is -2.13. The highest BCUT2D eigenvalue weighted by Crippen LogP contribution is 2.32. The standard InChI is InChI=1S/C25H18Cl2N2O6/c1-2-33-23-12-15(7-10-22(23)34-14-16-5-3-4-6-19(16)26)11-21-25(30)35-24(28-21)18-13-17(29(31)32)8-9-20(18)27/h3-13H,2,14H2,1H3/b21-11-. The molecule has 0 bridgehead atoms. The molecule has 3 aromatic rings. The van der Waals surface area contributed by atoms with Crippen molar-refractivity contribution in [2.45, 2.75) is 13.5 Å². The molecule has 1 aliphatic heterocycles. The van der Waals surface area contributed by atoms with Crippen molar-refractivity contribution in [2.24, 2.45) is 4.99 Å². The monoisotopic (exact) mass is 512 g/mol. The molecule has 0 saturated heterocycles. The first kappa shape index (κ1) is 24.3. The van der Waals surface area contributed by atoms with Crippen molar-refractivity contribution in [2.75, 3.05) is 6.61 Å². The third-order valence-electron chi connectivity index (χ3n) is 4.92. The summed E-state index contributed by atoms with van der Waals surface area (Å²) < 4.78 is 16.8. The number of nitrogens with zero attached hydrogens (tertiary/aromatic N) is 2. The minimum Gasteiger partial charge on any atom is -0.490 e. The van der Waals surface area contributed by atoms with Gasteiger partial charge in [-0.05, 0) is 42.8 Å². The Hall–Kier alpha value is -3.88. The summed E-state index contributed by atoms with van der Waals surface area (Å²) in [5, 5.41) is 11.9. The number of halogens is 2. The Morgan fingerprint density at radius 1 is 1.03 bits per heavy atom. The molecular weight excluding hydrogens is 495 g/mol. The van der Waals surface area contributed by atoms with Crippen molar-refractivity contribution >= 4 is 46.8 Å². The molecule has 1 heterocycles. The van der Waals surface area contributed by atoms with Crippen LogP contribution in [0.25, 0.3) is 6.08 Å². The van der Waals surface area contributed by atoms with E-state index in [9.17, 15) is 14.9 Å². The molecule has 4 rings (SSSR count). The smallest absolute Gasteiger partial charge is 0.363 e. The molecule has 0 atom stereocenters. The van der Waals surface area contributed by atoms with E-state index < -0.39 is 10.9 Å². The number of aliphatic imine (C=N–C) groups is 1. The van der Waals surface area contributed by atoms with Crippen LogP contribution in [0.2, 0.25) is 10.0 Å². The molecule has 0 amide bonds. The van der Waals surface area contributed by atoms with Crippen LogP contribution in [0.5, 0.6) is 11.5 Å². The maximum atomic E-state index is 12.4. The van der Waals surface area contributed by atoms with E-state index in [-0.39, 0.29) is 34.5 Å². The van der Waals surface area contributed by atoms with Gasteiger partial charge in [-0.25, -0.2) is 9.79 Å². The van der Waals surface area contributed by atoms with Crippen LogP contribution in [0.4, 0.5) is 5.69 Å². The van der Waals surface area contributed by atoms with Crippen LogP contribution in [0, 0.1) is 10.1 Å². The van der Waals surface area contributed by atoms with E-state index in [1.807, 2.05) is 25.1 Å². The fourth-order valence-corrected chi connectivity index (χ4v) is 3.63. The van der Waals surface area contributed by atoms with Crippen molar-refractivity contribution in [3.05, 3.63) is 103 Å². The number of rotatable bonds is 8. The van der Waals surface area contributed by atoms with Gasteiger partial charge < -0.3 is 14.2 Å². The average Bonchev–Trinajstić information content (AvgIpc) is 3.19. The van der Waals surface area contributed by atoms with Crippen LogP contribution in [-0.4, -0.2) is 23.4 Å². The number of nitro groups is 1. The van der Waals surface area contributed by atoms with Gasteiger partial charge in [-0.2, -0.15) is 0 Å². The SMILES string of the molecule is CCOc1cc(/C=C2\N=C(c3cc([N+](=O)[O-])ccc3Cl)OC2=O)ccc1OCc1ccccc1Cl. The molecule has 35 heavy (non-hydrogen) atoms. The van der Waals surface area contributed by atoms with Gasteiger partial charge in [-0.15, -0.1) is 0 Å². The third kappa shape index (κ3) is 5.62. The van der Waals surface area contributed by atoms with Gasteiger partial charge >= 0.3 is 5.97 Å². The quantitative estimate of drug-likeness (QED) is 0.153. The zero-order chi connectivity index (χ0) is 24.9. The molecule has 0 radical (unpaired) electrons. The third-order valence-corrected chi connectivity index (χ3v) is 5.62. The van der Waals surface area contributed by atoms with E-state index in [0.717, 1.165) is 5.56 Å². The molecule has 0 unspecified atom stereocenters. The molecule has 0 fully saturated rings. The Morgan fingerprint density at radius 2 is 1.83 bits per heavy atom. The van der Waals surface area contributed by atoms with Crippen LogP contribution < -0.4 is 9.47 Å². The Labute approximate surface area is 210 Å². The van der Waals surface area contributed by atoms with Crippen molar-refractivity contribution in [1.29, 1.82) is 0 Å². The van der Waals surface area contributed by atoms with Gasteiger partial charge in [-0.3, -0.25) is 10.1 Å². The van der Waals surface area contributed by atoms with E-state index in [2.05, 4.69) is 4.99 Å². The highest BCUT2D eigenvalue weighted by atomic mass is 35.5. The van der Waals surface area contributed by atoms with Crippen LogP contribution in [0.3, 0.4) is 0 Å². The first-order chi connectivity index (χ1) is 16.9. The van der Waals surface area contributed by atoms with Gasteiger partial charge in [0.1, 0.15) is 6.61 Å². The predicted molar refractivity (Wildman–Crippen MR) is 132 cm³/mol. The summed E-state index contributed by atoms with van der Waals surface area (Å²) in [5.41, 5.74) is 1.40. The average molecular weight is 513 g/mol. The molecule has 1 aliphatic rings. The normalized spacial score (nSPS) is 14.0. The highest BCUT2D eigenvalue weighted by molar-refractivity contribution is 6.34. The van der Waals surface area contributed by atoms with Crippen molar-refractivity contribution in [1.82, 2.24) is 0 Å². The fourth-order valence-electron chi connectivity index (χ4n) is 3.25. The number of hydrogen-bond donors (Lipinski definition) is 0. The Bertz CT molecular complexity index is 1370. The lowest BCUT2D eigenvalue weighted by molar-refractivity contribution is -0.384. The topological polar surface area (TPSA) is 100 Å². The molecule has 0 spiro atoms. The summed E-state index contributed by atoms with van der Waals surface area (Å²) in [4.78, 5) is 27.1. The molecule has 0 aliphatic carbocycles. The molecule has 0 aromatic heterocycles. The van der Waals surface area contributed by atoms with Gasteiger partial charge in [0.25, 0.3) is 5.69 Å². The fraction of sp³-hybridized carbons (Fsp3) is 0.120. The minimum atomic E-state index is -0.709. The van der Waals surface area contributed by atoms with Gasteiger partial charge in [0.2, 0.25) is 5.90 Å². The Balaban J connectivity index is 1.60. The second-order valence-corrected chi connectivity index (χ2v) is 8.09. The number of cyclic esters (lactones) is 1. The molecular formula is C25H18Cl2N2O6. The van der Waals surface area contributed by atoms with Crippen LogP contribution in [0.1, 0.15) is 23.6 Å². The molecule has 8 nitrogen and oxygen atoms in total. The number of hydrogen-bond acceptors (Lipinski definition) is 7. The van der Waals surface area contributed by atoms with Gasteiger partial charge in [-0.1, -0.05) is 47.5 Å². The lowest BCUT2D eigenvalue weighted by Crippen LogP contribution is -2.06. The summed E-state index contributed by atoms with van der Waals surface area (Å²) in [6.45, 7) is 2.50. The summed E-state index contributed by atoms with van der Waals surface area (Å²) in [6, 6.07) is 16.3. The zero-order valence-corrected chi connectivity index (χ0v) is 19.9. The van der Waals surface area contributed by atoms with E-state index in [1.54, 1.807) is 24.3 Å². The number of carbonyl (C=O) groups is 1. The number of carbonyl (C=O) groups excluding carboxylic acids is 1. The summed E-state index contributed by atoms with van der Waals surface area (Å²) in [6.07, 6.45) is 1.51. The van der Waals surface area contributed by atoms with Gasteiger partial charge in [0.15, 0.2) is 17.2 Å². The van der Waals surface area contributed by atoms with Crippen LogP contribution in [0.15, 0.2) is 71.4 Å². The number of benzene rings is 3. The summed E-state index contributed by atoms with van der Waals surface area (Å²) in [5.74, 6) is 0.168. The van der Waals surface area contributed by atoms with Crippen molar-refractivity contribution in [3.63, 3.8) is 0 Å². The molecule has 178 valence electrons. The number of non-ortho nitro benzene ring substituents is 1. The number of nitro benzene ring substituents is 1. The second kappa shape index (κ2) is 10.6. The van der Waals surface area contributed by atoms with E-state index in [4.69, 9.17) is 37.4 Å². The Morgan fingerprint density at radius 3 is 2.57 bits per heavy atom. The molecule has 10 heteroatoms. The maximum Gasteiger partial charge on any atom is 0.363 e. The first-order valence-electron chi connectivity index (χ1n) is 10.5. The van der Waals surface area contributed by atoms with E-state index in [0.29, 0.717) is 28.7 Å². The van der Waals surface area contributed by atoms with Crippen molar-refractivity contribution < 1.29 is 23.9 Å². The van der Waals surface area contributed by atoms with Crippen LogP contribution >= 0.6 is 23.2 Å². The Kier molecular flexibility index (Phi) is 7.33. The minimum absolute atomic E-state index is 0.00903. The lowest BCUT2D eigenvalue weighted by atomic mass is 10.1. The second-order valence-electron chi connectivity index (χ2n) is 7.28. The molecule has 0 N–H and O–H groups in total. The summed E-state index contributed by atoms with van der Waals surface area (Å²) >= 11 is 12.3. The number of esters is 1. The summed E-state index contributed by atoms with van der Waals surface area (Å²) in [7, 11) is 0. The van der Waals surface area contributed by atoms with E-state index >= 15 is 0 Å². The molecule has 0 saturated carbocycles.